The Morgan fingerprint density at radius 1 is 1.25 bits per heavy atom. The van der Waals surface area contributed by atoms with Crippen LogP contribution in [0, 0.1) is 10.5 Å². The van der Waals surface area contributed by atoms with E-state index in [2.05, 4.69) is 58.8 Å². The second-order valence-corrected chi connectivity index (χ2v) is 6.94. The third kappa shape index (κ3) is 2.79. The van der Waals surface area contributed by atoms with Crippen LogP contribution in [0.25, 0.3) is 11.4 Å². The smallest absolute Gasteiger partial charge is 0.165 e. The molecule has 2 aromatic heterocycles. The van der Waals surface area contributed by atoms with E-state index in [4.69, 9.17) is 4.98 Å². The van der Waals surface area contributed by atoms with E-state index in [0.717, 1.165) is 32.2 Å². The lowest BCUT2D eigenvalue weighted by molar-refractivity contribution is 0.564. The van der Waals surface area contributed by atoms with Crippen LogP contribution < -0.4 is 5.32 Å². The summed E-state index contributed by atoms with van der Waals surface area (Å²) in [4.78, 5) is 9.41. The van der Waals surface area contributed by atoms with E-state index in [0.29, 0.717) is 0 Å². The summed E-state index contributed by atoms with van der Waals surface area (Å²) < 4.78 is 2.87. The number of hydrogen-bond acceptors (Lipinski definition) is 4. The largest absolute Gasteiger partial charge is 0.372 e. The van der Waals surface area contributed by atoms with Gasteiger partial charge in [0, 0.05) is 25.7 Å². The van der Waals surface area contributed by atoms with Gasteiger partial charge in [0.1, 0.15) is 5.82 Å². The molecule has 20 heavy (non-hydrogen) atoms. The third-order valence-corrected chi connectivity index (χ3v) is 4.07. The van der Waals surface area contributed by atoms with Crippen LogP contribution in [0.2, 0.25) is 0 Å². The van der Waals surface area contributed by atoms with E-state index < -0.39 is 0 Å². The van der Waals surface area contributed by atoms with Crippen molar-refractivity contribution in [2.45, 2.75) is 33.1 Å². The summed E-state index contributed by atoms with van der Waals surface area (Å²) in [6.07, 6.45) is 1.96. The fourth-order valence-corrected chi connectivity index (χ4v) is 3.37. The molecule has 0 spiro atoms. The molecule has 0 saturated heterocycles. The van der Waals surface area contributed by atoms with Gasteiger partial charge in [-0.1, -0.05) is 20.8 Å². The van der Waals surface area contributed by atoms with E-state index in [1.807, 2.05) is 27.2 Å². The van der Waals surface area contributed by atoms with Crippen LogP contribution in [0.1, 0.15) is 32.2 Å². The van der Waals surface area contributed by atoms with Gasteiger partial charge in [0.05, 0.1) is 20.5 Å². The molecule has 1 N–H and O–H groups in total. The summed E-state index contributed by atoms with van der Waals surface area (Å²) in [5.41, 5.74) is 2.94. The second-order valence-electron chi connectivity index (χ2n) is 5.86. The van der Waals surface area contributed by atoms with Gasteiger partial charge < -0.3 is 5.32 Å². The Morgan fingerprint density at radius 3 is 2.35 bits per heavy atom. The Hall–Kier alpha value is -1.18. The summed E-state index contributed by atoms with van der Waals surface area (Å²) in [7, 11) is 3.80. The Kier molecular flexibility index (Phi) is 4.04. The van der Waals surface area contributed by atoms with Gasteiger partial charge in [-0.2, -0.15) is 5.10 Å². The van der Waals surface area contributed by atoms with Gasteiger partial charge >= 0.3 is 0 Å². The lowest BCUT2D eigenvalue weighted by Crippen LogP contribution is -2.18. The van der Waals surface area contributed by atoms with Crippen molar-refractivity contribution in [2.75, 3.05) is 12.4 Å². The number of aromatic nitrogens is 4. The molecule has 0 amide bonds. The Bertz CT molecular complexity index is 640. The van der Waals surface area contributed by atoms with Crippen molar-refractivity contribution in [1.29, 1.82) is 0 Å². The number of halogens is 1. The van der Waals surface area contributed by atoms with Crippen LogP contribution >= 0.6 is 22.6 Å². The van der Waals surface area contributed by atoms with Crippen LogP contribution in [-0.4, -0.2) is 26.8 Å². The van der Waals surface area contributed by atoms with Gasteiger partial charge in [-0.25, -0.2) is 9.97 Å². The lowest BCUT2D eigenvalue weighted by atomic mass is 9.91. The Labute approximate surface area is 133 Å². The summed E-state index contributed by atoms with van der Waals surface area (Å²) >= 11 is 2.31. The quantitative estimate of drug-likeness (QED) is 0.808. The molecule has 0 bridgehead atoms. The molecular formula is C14H20IN5. The fourth-order valence-electron chi connectivity index (χ4n) is 2.05. The van der Waals surface area contributed by atoms with Crippen molar-refractivity contribution >= 4 is 28.4 Å². The molecule has 0 aliphatic heterocycles. The van der Waals surface area contributed by atoms with E-state index >= 15 is 0 Å². The van der Waals surface area contributed by atoms with Crippen molar-refractivity contribution in [1.82, 2.24) is 19.7 Å². The Morgan fingerprint density at radius 2 is 1.90 bits per heavy atom. The summed E-state index contributed by atoms with van der Waals surface area (Å²) in [6.45, 7) is 8.47. The predicted molar refractivity (Wildman–Crippen MR) is 89.9 cm³/mol. The fraction of sp³-hybridized carbons (Fsp3) is 0.500. The van der Waals surface area contributed by atoms with Crippen molar-refractivity contribution in [2.24, 2.45) is 7.05 Å². The number of aryl methyl sites for hydroxylation is 2. The topological polar surface area (TPSA) is 55.6 Å². The minimum absolute atomic E-state index is 0.0318. The van der Waals surface area contributed by atoms with Crippen molar-refractivity contribution < 1.29 is 0 Å². The SMILES string of the molecule is CNc1nc(-c2cn(C)nc2C)nc(C(C)(C)C)c1I. The first-order valence-electron chi connectivity index (χ1n) is 6.50. The van der Waals surface area contributed by atoms with Crippen molar-refractivity contribution in [3.63, 3.8) is 0 Å². The summed E-state index contributed by atoms with van der Waals surface area (Å²) in [5.74, 6) is 1.59. The van der Waals surface area contributed by atoms with Gasteiger partial charge in [0.2, 0.25) is 0 Å². The molecule has 0 unspecified atom stereocenters. The molecule has 0 aliphatic carbocycles. The van der Waals surface area contributed by atoms with Gasteiger partial charge in [-0.3, -0.25) is 4.68 Å². The van der Waals surface area contributed by atoms with Crippen LogP contribution in [-0.2, 0) is 12.5 Å². The maximum Gasteiger partial charge on any atom is 0.165 e. The molecular weight excluding hydrogens is 365 g/mol. The highest BCUT2D eigenvalue weighted by molar-refractivity contribution is 14.1. The number of nitrogens with one attached hydrogen (secondary N) is 1. The molecule has 5 nitrogen and oxygen atoms in total. The molecule has 0 saturated carbocycles. The second kappa shape index (κ2) is 5.31. The molecule has 0 fully saturated rings. The van der Waals surface area contributed by atoms with E-state index in [-0.39, 0.29) is 5.41 Å². The highest BCUT2D eigenvalue weighted by Crippen LogP contribution is 2.31. The molecule has 6 heteroatoms. The molecule has 0 aliphatic rings. The molecule has 0 atom stereocenters. The zero-order chi connectivity index (χ0) is 15.1. The zero-order valence-electron chi connectivity index (χ0n) is 12.7. The summed E-state index contributed by atoms with van der Waals surface area (Å²) in [6, 6.07) is 0. The maximum absolute atomic E-state index is 4.78. The monoisotopic (exact) mass is 385 g/mol. The van der Waals surface area contributed by atoms with Crippen molar-refractivity contribution in [3.8, 4) is 11.4 Å². The van der Waals surface area contributed by atoms with Crippen LogP contribution in [0.4, 0.5) is 5.82 Å². The molecule has 108 valence electrons. The third-order valence-electron chi connectivity index (χ3n) is 3.05. The van der Waals surface area contributed by atoms with Crippen LogP contribution in [0.3, 0.4) is 0 Å². The minimum atomic E-state index is -0.0318. The summed E-state index contributed by atoms with van der Waals surface area (Å²) in [5, 5.41) is 7.53. The lowest BCUT2D eigenvalue weighted by Gasteiger charge is -2.21. The van der Waals surface area contributed by atoms with Gasteiger partial charge in [0.25, 0.3) is 0 Å². The zero-order valence-corrected chi connectivity index (χ0v) is 14.9. The number of anilines is 1. The van der Waals surface area contributed by atoms with Gasteiger partial charge in [-0.15, -0.1) is 0 Å². The first kappa shape index (κ1) is 15.2. The van der Waals surface area contributed by atoms with Crippen LogP contribution in [0.5, 0.6) is 0 Å². The average molecular weight is 385 g/mol. The standard InChI is InChI=1S/C14H20IN5/c1-8-9(7-20(6)19-8)12-17-11(14(2,3)4)10(15)13(16-5)18-12/h7H,1-6H3,(H,16,17,18). The molecule has 0 aromatic carbocycles. The van der Waals surface area contributed by atoms with Crippen molar-refractivity contribution in [3.05, 3.63) is 21.2 Å². The minimum Gasteiger partial charge on any atom is -0.372 e. The molecule has 0 radical (unpaired) electrons. The first-order valence-corrected chi connectivity index (χ1v) is 7.58. The normalized spacial score (nSPS) is 11.8. The Balaban J connectivity index is 2.69. The van der Waals surface area contributed by atoms with Gasteiger partial charge in [-0.05, 0) is 29.5 Å². The highest BCUT2D eigenvalue weighted by Gasteiger charge is 2.24. The number of hydrogen-bond donors (Lipinski definition) is 1. The first-order chi connectivity index (χ1) is 9.24. The molecule has 2 heterocycles. The highest BCUT2D eigenvalue weighted by atomic mass is 127. The van der Waals surface area contributed by atoms with Gasteiger partial charge in [0.15, 0.2) is 5.82 Å². The molecule has 2 aromatic rings. The average Bonchev–Trinajstić information content (AvgIpc) is 2.67. The maximum atomic E-state index is 4.78. The van der Waals surface area contributed by atoms with E-state index in [9.17, 15) is 0 Å². The van der Waals surface area contributed by atoms with E-state index in [1.165, 1.54) is 0 Å². The van der Waals surface area contributed by atoms with E-state index in [1.54, 1.807) is 4.68 Å². The number of rotatable bonds is 2. The molecule has 2 rings (SSSR count). The number of nitrogens with zero attached hydrogens (tertiary/aromatic N) is 4. The van der Waals surface area contributed by atoms with Crippen LogP contribution in [0.15, 0.2) is 6.20 Å². The predicted octanol–water partition coefficient (Wildman–Crippen LogP) is 3.13.